The van der Waals surface area contributed by atoms with Crippen LogP contribution < -0.4 is 5.32 Å². The molecule has 0 saturated carbocycles. The van der Waals surface area contributed by atoms with Crippen LogP contribution in [0.2, 0.25) is 0 Å². The lowest BCUT2D eigenvalue weighted by atomic mass is 10.2. The fourth-order valence-electron chi connectivity index (χ4n) is 2.63. The lowest BCUT2D eigenvalue weighted by Crippen LogP contribution is -2.30. The Hall–Kier alpha value is -2.97. The van der Waals surface area contributed by atoms with Gasteiger partial charge in [0.15, 0.2) is 6.61 Å². The van der Waals surface area contributed by atoms with Crippen molar-refractivity contribution in [1.29, 1.82) is 0 Å². The van der Waals surface area contributed by atoms with E-state index in [0.29, 0.717) is 10.6 Å². The van der Waals surface area contributed by atoms with Crippen molar-refractivity contribution in [2.45, 2.75) is 13.0 Å². The number of fused-ring (bicyclic) bond motifs is 1. The second-order valence-corrected chi connectivity index (χ2v) is 8.15. The molecule has 0 aliphatic heterocycles. The first-order valence-electron chi connectivity index (χ1n) is 8.56. The molecule has 4 rings (SSSR count). The van der Waals surface area contributed by atoms with Gasteiger partial charge in [0.1, 0.15) is 15.6 Å². The fourth-order valence-corrected chi connectivity index (χ4v) is 4.55. The van der Waals surface area contributed by atoms with Crippen LogP contribution in [0.25, 0.3) is 20.1 Å². The van der Waals surface area contributed by atoms with E-state index in [-0.39, 0.29) is 18.6 Å². The van der Waals surface area contributed by atoms with Crippen molar-refractivity contribution in [3.63, 3.8) is 0 Å². The van der Waals surface area contributed by atoms with Crippen LogP contribution in [0.3, 0.4) is 0 Å². The van der Waals surface area contributed by atoms with Crippen LogP contribution in [-0.2, 0) is 9.53 Å². The van der Waals surface area contributed by atoms with Gasteiger partial charge in [-0.2, -0.15) is 0 Å². The van der Waals surface area contributed by atoms with Crippen LogP contribution in [0.4, 0.5) is 0 Å². The number of nitrogens with zero attached hydrogens (tertiary/aromatic N) is 1. The zero-order valence-electron chi connectivity index (χ0n) is 14.9. The monoisotopic (exact) mass is 412 g/mol. The molecule has 0 fully saturated rings. The third kappa shape index (κ3) is 3.97. The Kier molecular flexibility index (Phi) is 5.23. The lowest BCUT2D eigenvalue weighted by Gasteiger charge is -2.11. The largest absolute Gasteiger partial charge is 0.467 e. The van der Waals surface area contributed by atoms with Gasteiger partial charge >= 0.3 is 5.97 Å². The molecule has 0 saturated heterocycles. The molecule has 0 aliphatic rings. The summed E-state index contributed by atoms with van der Waals surface area (Å²) in [5, 5.41) is 3.58. The minimum atomic E-state index is -0.529. The number of rotatable bonds is 6. The molecule has 8 heteroatoms. The predicted molar refractivity (Wildman–Crippen MR) is 108 cm³/mol. The topological polar surface area (TPSA) is 81.4 Å². The summed E-state index contributed by atoms with van der Waals surface area (Å²) in [5.74, 6) is -0.281. The van der Waals surface area contributed by atoms with Gasteiger partial charge in [-0.3, -0.25) is 4.79 Å². The van der Waals surface area contributed by atoms with E-state index in [1.165, 1.54) is 17.6 Å². The van der Waals surface area contributed by atoms with Gasteiger partial charge in [0.25, 0.3) is 5.91 Å². The van der Waals surface area contributed by atoms with Gasteiger partial charge in [-0.15, -0.1) is 22.7 Å². The maximum absolute atomic E-state index is 12.3. The minimum Gasteiger partial charge on any atom is -0.467 e. The summed E-state index contributed by atoms with van der Waals surface area (Å²) in [4.78, 5) is 30.1. The Labute approximate surface area is 168 Å². The van der Waals surface area contributed by atoms with Gasteiger partial charge in [-0.25, -0.2) is 9.78 Å². The fraction of sp³-hybridized carbons (Fsp3) is 0.150. The van der Waals surface area contributed by atoms with Crippen LogP contribution in [0.5, 0.6) is 0 Å². The maximum atomic E-state index is 12.3. The summed E-state index contributed by atoms with van der Waals surface area (Å²) >= 11 is 2.87. The first kappa shape index (κ1) is 18.4. The summed E-state index contributed by atoms with van der Waals surface area (Å²) in [6.07, 6.45) is 1.54. The zero-order chi connectivity index (χ0) is 19.5. The first-order valence-corrected chi connectivity index (χ1v) is 10.2. The molecular formula is C20H16N2O4S2. The first-order chi connectivity index (χ1) is 13.6. The number of carbonyl (C=O) groups excluding carboxylic acids is 2. The average molecular weight is 412 g/mol. The number of hydrogen-bond acceptors (Lipinski definition) is 7. The molecule has 1 atom stereocenters. The van der Waals surface area contributed by atoms with Gasteiger partial charge in [0.2, 0.25) is 0 Å². The van der Waals surface area contributed by atoms with Crippen LogP contribution in [-0.4, -0.2) is 23.5 Å². The zero-order valence-corrected chi connectivity index (χ0v) is 16.5. The normalized spacial score (nSPS) is 12.0. The Balaban J connectivity index is 1.36. The molecule has 3 heterocycles. The van der Waals surface area contributed by atoms with E-state index in [9.17, 15) is 9.59 Å². The van der Waals surface area contributed by atoms with Crippen molar-refractivity contribution < 1.29 is 18.7 Å². The molecule has 1 N–H and O–H groups in total. The average Bonchev–Trinajstić information content (AvgIpc) is 3.45. The van der Waals surface area contributed by atoms with Crippen molar-refractivity contribution in [3.05, 3.63) is 65.4 Å². The van der Waals surface area contributed by atoms with E-state index in [0.717, 1.165) is 20.1 Å². The second-order valence-electron chi connectivity index (χ2n) is 6.03. The lowest BCUT2D eigenvalue weighted by molar-refractivity contribution is -0.125. The van der Waals surface area contributed by atoms with Crippen LogP contribution >= 0.6 is 22.7 Å². The van der Waals surface area contributed by atoms with Crippen LogP contribution in [0.1, 0.15) is 28.4 Å². The molecule has 0 radical (unpaired) electrons. The third-order valence-corrected chi connectivity index (χ3v) is 6.26. The summed E-state index contributed by atoms with van der Waals surface area (Å²) in [6, 6.07) is 14.6. The van der Waals surface area contributed by atoms with Crippen molar-refractivity contribution in [3.8, 4) is 9.88 Å². The number of thiophene rings is 1. The highest BCUT2D eigenvalue weighted by Crippen LogP contribution is 2.34. The summed E-state index contributed by atoms with van der Waals surface area (Å²) in [5.41, 5.74) is 0.933. The molecule has 6 nitrogen and oxygen atoms in total. The quantitative estimate of drug-likeness (QED) is 0.466. The predicted octanol–water partition coefficient (Wildman–Crippen LogP) is 4.65. The number of hydrogen-bond donors (Lipinski definition) is 1. The number of thiazole rings is 1. The molecule has 1 amide bonds. The molecule has 28 heavy (non-hydrogen) atoms. The van der Waals surface area contributed by atoms with Crippen molar-refractivity contribution in [2.75, 3.05) is 6.61 Å². The second kappa shape index (κ2) is 7.95. The van der Waals surface area contributed by atoms with E-state index < -0.39 is 5.97 Å². The summed E-state index contributed by atoms with van der Waals surface area (Å²) in [6.45, 7) is 1.44. The number of benzene rings is 1. The van der Waals surface area contributed by atoms with E-state index >= 15 is 0 Å². The van der Waals surface area contributed by atoms with Crippen molar-refractivity contribution in [2.24, 2.45) is 0 Å². The number of ether oxygens (including phenoxy) is 1. The number of aromatic nitrogens is 1. The Morgan fingerprint density at radius 1 is 1.14 bits per heavy atom. The molecule has 142 valence electrons. The highest BCUT2D eigenvalue weighted by Gasteiger charge is 2.17. The summed E-state index contributed by atoms with van der Waals surface area (Å²) < 4.78 is 11.5. The molecule has 1 aromatic carbocycles. The van der Waals surface area contributed by atoms with E-state index in [2.05, 4.69) is 10.3 Å². The molecular weight excluding hydrogens is 396 g/mol. The van der Waals surface area contributed by atoms with Gasteiger partial charge in [0.05, 0.1) is 27.4 Å². The van der Waals surface area contributed by atoms with Crippen molar-refractivity contribution >= 4 is 44.8 Å². The number of furan rings is 1. The number of amides is 1. The SMILES string of the molecule is C[C@H](NC(=O)COC(=O)c1ccc(-c2nc3ccccc3s2)s1)c1ccco1. The Morgan fingerprint density at radius 2 is 2.00 bits per heavy atom. The molecule has 4 aromatic rings. The van der Waals surface area contributed by atoms with Gasteiger partial charge in [0, 0.05) is 0 Å². The third-order valence-electron chi connectivity index (χ3n) is 3.99. The van der Waals surface area contributed by atoms with Crippen LogP contribution in [0.15, 0.2) is 59.2 Å². The van der Waals surface area contributed by atoms with E-state index in [4.69, 9.17) is 9.15 Å². The molecule has 0 unspecified atom stereocenters. The number of nitrogens with one attached hydrogen (secondary N) is 1. The van der Waals surface area contributed by atoms with Gasteiger partial charge < -0.3 is 14.5 Å². The van der Waals surface area contributed by atoms with Gasteiger partial charge in [-0.1, -0.05) is 12.1 Å². The standard InChI is InChI=1S/C20H16N2O4S2/c1-12(14-6-4-10-25-14)21-18(23)11-26-20(24)17-9-8-16(27-17)19-22-13-5-2-3-7-15(13)28-19/h2-10,12H,11H2,1H3,(H,21,23)/t12-/m0/s1. The number of carbonyl (C=O) groups is 2. The maximum Gasteiger partial charge on any atom is 0.348 e. The number of para-hydroxylation sites is 1. The minimum absolute atomic E-state index is 0.298. The highest BCUT2D eigenvalue weighted by molar-refractivity contribution is 7.26. The molecule has 0 aliphatic carbocycles. The van der Waals surface area contributed by atoms with Gasteiger partial charge in [-0.05, 0) is 43.3 Å². The molecule has 3 aromatic heterocycles. The molecule has 0 bridgehead atoms. The van der Waals surface area contributed by atoms with Crippen molar-refractivity contribution in [1.82, 2.24) is 10.3 Å². The Morgan fingerprint density at radius 3 is 2.79 bits per heavy atom. The summed E-state index contributed by atoms with van der Waals surface area (Å²) in [7, 11) is 0. The molecule has 0 spiro atoms. The van der Waals surface area contributed by atoms with Crippen LogP contribution in [0, 0.1) is 0 Å². The number of esters is 1. The highest BCUT2D eigenvalue weighted by atomic mass is 32.1. The smallest absolute Gasteiger partial charge is 0.348 e. The van der Waals surface area contributed by atoms with E-state index in [1.54, 1.807) is 36.5 Å². The Bertz CT molecular complexity index is 1080. The van der Waals surface area contributed by atoms with E-state index in [1.807, 2.05) is 30.3 Å².